The summed E-state index contributed by atoms with van der Waals surface area (Å²) in [6.07, 6.45) is 2.24. The van der Waals surface area contributed by atoms with E-state index in [0.717, 1.165) is 46.3 Å². The minimum atomic E-state index is 0.372. The van der Waals surface area contributed by atoms with E-state index in [1.54, 1.807) is 7.11 Å². The molecule has 1 atom stereocenters. The zero-order chi connectivity index (χ0) is 15.0. The van der Waals surface area contributed by atoms with Crippen LogP contribution >= 0.6 is 31.9 Å². The third kappa shape index (κ3) is 5.72. The molecule has 0 saturated carbocycles. The first kappa shape index (κ1) is 18.0. The molecule has 0 spiro atoms. The SMILES string of the molecule is CCCC(COC)NCc1cc(Br)cc(Br)c1OCC. The first-order chi connectivity index (χ1) is 9.62. The van der Waals surface area contributed by atoms with Gasteiger partial charge in [-0.15, -0.1) is 0 Å². The van der Waals surface area contributed by atoms with E-state index in [9.17, 15) is 0 Å². The van der Waals surface area contributed by atoms with E-state index in [2.05, 4.69) is 50.2 Å². The average Bonchev–Trinajstić information content (AvgIpc) is 2.40. The zero-order valence-corrected chi connectivity index (χ0v) is 15.5. The lowest BCUT2D eigenvalue weighted by molar-refractivity contribution is 0.161. The lowest BCUT2D eigenvalue weighted by atomic mass is 10.1. The van der Waals surface area contributed by atoms with Crippen molar-refractivity contribution in [2.75, 3.05) is 20.3 Å². The van der Waals surface area contributed by atoms with Crippen LogP contribution in [0, 0.1) is 0 Å². The van der Waals surface area contributed by atoms with Crippen LogP contribution < -0.4 is 10.1 Å². The first-order valence-electron chi connectivity index (χ1n) is 6.95. The molecule has 0 fully saturated rings. The molecule has 1 N–H and O–H groups in total. The van der Waals surface area contributed by atoms with Gasteiger partial charge in [-0.1, -0.05) is 29.3 Å². The molecular formula is C15H23Br2NO2. The molecule has 1 unspecified atom stereocenters. The highest BCUT2D eigenvalue weighted by Gasteiger charge is 2.12. The molecule has 3 nitrogen and oxygen atoms in total. The van der Waals surface area contributed by atoms with Crippen LogP contribution in [-0.4, -0.2) is 26.4 Å². The van der Waals surface area contributed by atoms with Gasteiger partial charge in [0.25, 0.3) is 0 Å². The summed E-state index contributed by atoms with van der Waals surface area (Å²) in [7, 11) is 1.74. The maximum Gasteiger partial charge on any atom is 0.138 e. The highest BCUT2D eigenvalue weighted by Crippen LogP contribution is 2.33. The minimum Gasteiger partial charge on any atom is -0.492 e. The topological polar surface area (TPSA) is 30.5 Å². The Morgan fingerprint density at radius 3 is 2.60 bits per heavy atom. The normalized spacial score (nSPS) is 12.4. The minimum absolute atomic E-state index is 0.372. The van der Waals surface area contributed by atoms with Crippen molar-refractivity contribution in [2.24, 2.45) is 0 Å². The highest BCUT2D eigenvalue weighted by atomic mass is 79.9. The van der Waals surface area contributed by atoms with Gasteiger partial charge in [-0.3, -0.25) is 0 Å². The molecule has 0 bridgehead atoms. The van der Waals surface area contributed by atoms with Gasteiger partial charge in [-0.25, -0.2) is 0 Å². The third-order valence-corrected chi connectivity index (χ3v) is 4.01. The number of methoxy groups -OCH3 is 1. The van der Waals surface area contributed by atoms with Crippen molar-refractivity contribution in [1.29, 1.82) is 0 Å². The summed E-state index contributed by atoms with van der Waals surface area (Å²) >= 11 is 7.09. The Labute approximate surface area is 138 Å². The Bertz CT molecular complexity index is 407. The quantitative estimate of drug-likeness (QED) is 0.651. The summed E-state index contributed by atoms with van der Waals surface area (Å²) in [5.74, 6) is 0.913. The number of nitrogens with one attached hydrogen (secondary N) is 1. The van der Waals surface area contributed by atoms with Gasteiger partial charge in [-0.05, 0) is 41.4 Å². The van der Waals surface area contributed by atoms with Crippen LogP contribution in [0.25, 0.3) is 0 Å². The van der Waals surface area contributed by atoms with E-state index in [4.69, 9.17) is 9.47 Å². The number of ether oxygens (including phenoxy) is 2. The fourth-order valence-corrected chi connectivity index (χ4v) is 3.53. The van der Waals surface area contributed by atoms with E-state index in [1.165, 1.54) is 0 Å². The monoisotopic (exact) mass is 407 g/mol. The first-order valence-corrected chi connectivity index (χ1v) is 8.53. The Morgan fingerprint density at radius 2 is 2.00 bits per heavy atom. The Hall–Kier alpha value is -0.100. The molecule has 1 aromatic carbocycles. The van der Waals surface area contributed by atoms with Crippen molar-refractivity contribution in [3.8, 4) is 5.75 Å². The second-order valence-corrected chi connectivity index (χ2v) is 6.40. The molecule has 20 heavy (non-hydrogen) atoms. The van der Waals surface area contributed by atoms with E-state index in [0.29, 0.717) is 12.6 Å². The molecule has 0 aromatic heterocycles. The van der Waals surface area contributed by atoms with Gasteiger partial charge in [-0.2, -0.15) is 0 Å². The van der Waals surface area contributed by atoms with E-state index in [1.807, 2.05) is 13.0 Å². The Balaban J connectivity index is 2.79. The fourth-order valence-electron chi connectivity index (χ4n) is 2.10. The van der Waals surface area contributed by atoms with E-state index >= 15 is 0 Å². The summed E-state index contributed by atoms with van der Waals surface area (Å²) < 4.78 is 13.0. The van der Waals surface area contributed by atoms with Gasteiger partial charge in [0.15, 0.2) is 0 Å². The predicted octanol–water partition coefficient (Wildman–Crippen LogP) is 4.52. The number of rotatable bonds is 9. The zero-order valence-electron chi connectivity index (χ0n) is 12.3. The van der Waals surface area contributed by atoms with Gasteiger partial charge in [0, 0.05) is 29.7 Å². The van der Waals surface area contributed by atoms with E-state index < -0.39 is 0 Å². The molecule has 1 rings (SSSR count). The molecular weight excluding hydrogens is 386 g/mol. The van der Waals surface area contributed by atoms with Gasteiger partial charge in [0.1, 0.15) is 5.75 Å². The van der Waals surface area contributed by atoms with Crippen molar-refractivity contribution in [1.82, 2.24) is 5.32 Å². The maximum absolute atomic E-state index is 5.74. The van der Waals surface area contributed by atoms with Gasteiger partial charge < -0.3 is 14.8 Å². The van der Waals surface area contributed by atoms with Crippen LogP contribution in [0.1, 0.15) is 32.3 Å². The van der Waals surface area contributed by atoms with Crippen LogP contribution in [0.4, 0.5) is 0 Å². The standard InChI is InChI=1S/C15H23Br2NO2/c1-4-6-13(10-19-3)18-9-11-7-12(16)8-14(17)15(11)20-5-2/h7-8,13,18H,4-6,9-10H2,1-3H3. The molecule has 0 aliphatic rings. The summed E-state index contributed by atoms with van der Waals surface area (Å²) in [5, 5.41) is 3.54. The van der Waals surface area contributed by atoms with Crippen LogP contribution in [-0.2, 0) is 11.3 Å². The van der Waals surface area contributed by atoms with Gasteiger partial charge in [0.2, 0.25) is 0 Å². The smallest absolute Gasteiger partial charge is 0.138 e. The molecule has 114 valence electrons. The number of benzene rings is 1. The Kier molecular flexibility index (Phi) is 8.77. The molecule has 0 saturated heterocycles. The highest BCUT2D eigenvalue weighted by molar-refractivity contribution is 9.11. The molecule has 5 heteroatoms. The number of hydrogen-bond acceptors (Lipinski definition) is 3. The largest absolute Gasteiger partial charge is 0.492 e. The van der Waals surface area contributed by atoms with Crippen molar-refractivity contribution in [3.05, 3.63) is 26.6 Å². The summed E-state index contributed by atoms with van der Waals surface area (Å²) in [5.41, 5.74) is 1.14. The summed E-state index contributed by atoms with van der Waals surface area (Å²) in [6.45, 7) is 6.33. The van der Waals surface area contributed by atoms with Crippen molar-refractivity contribution < 1.29 is 9.47 Å². The van der Waals surface area contributed by atoms with Crippen LogP contribution in [0.3, 0.4) is 0 Å². The summed E-state index contributed by atoms with van der Waals surface area (Å²) in [6, 6.07) is 4.48. The van der Waals surface area contributed by atoms with Gasteiger partial charge in [0.05, 0.1) is 17.7 Å². The van der Waals surface area contributed by atoms with Gasteiger partial charge >= 0.3 is 0 Å². The molecule has 0 heterocycles. The van der Waals surface area contributed by atoms with Crippen LogP contribution in [0.2, 0.25) is 0 Å². The van der Waals surface area contributed by atoms with Crippen molar-refractivity contribution in [3.63, 3.8) is 0 Å². The van der Waals surface area contributed by atoms with Crippen molar-refractivity contribution in [2.45, 2.75) is 39.3 Å². The average molecular weight is 409 g/mol. The second kappa shape index (κ2) is 9.77. The lowest BCUT2D eigenvalue weighted by Gasteiger charge is -2.19. The molecule has 0 amide bonds. The molecule has 0 aliphatic carbocycles. The fraction of sp³-hybridized carbons (Fsp3) is 0.600. The predicted molar refractivity (Wildman–Crippen MR) is 90.4 cm³/mol. The third-order valence-electron chi connectivity index (χ3n) is 2.96. The lowest BCUT2D eigenvalue weighted by Crippen LogP contribution is -2.32. The number of halogens is 2. The summed E-state index contributed by atoms with van der Waals surface area (Å²) in [4.78, 5) is 0. The molecule has 1 aromatic rings. The van der Waals surface area contributed by atoms with Crippen LogP contribution in [0.15, 0.2) is 21.1 Å². The number of hydrogen-bond donors (Lipinski definition) is 1. The van der Waals surface area contributed by atoms with Crippen LogP contribution in [0.5, 0.6) is 5.75 Å². The maximum atomic E-state index is 5.74. The van der Waals surface area contributed by atoms with Crippen molar-refractivity contribution >= 4 is 31.9 Å². The second-order valence-electron chi connectivity index (χ2n) is 4.63. The molecule has 0 radical (unpaired) electrons. The Morgan fingerprint density at radius 1 is 1.25 bits per heavy atom. The van der Waals surface area contributed by atoms with E-state index in [-0.39, 0.29) is 0 Å². The molecule has 0 aliphatic heterocycles.